The fourth-order valence-corrected chi connectivity index (χ4v) is 11.2. The molecule has 0 saturated heterocycles. The average Bonchev–Trinajstić information content (AvgIpc) is 2.82. The number of hydrogen-bond acceptors (Lipinski definition) is 2. The van der Waals surface area contributed by atoms with Crippen LogP contribution in [-0.2, 0) is 22.4 Å². The van der Waals surface area contributed by atoms with Crippen LogP contribution in [0.3, 0.4) is 0 Å². The minimum atomic E-state index is -0.478. The Kier molecular flexibility index (Phi) is 12.4. The maximum atomic E-state index is 10.1. The molecule has 0 unspecified atom stereocenters. The first-order valence-corrected chi connectivity index (χ1v) is 14.0. The number of non-ortho nitro benzene ring substituents is 1. The molecule has 0 heterocycles. The van der Waals surface area contributed by atoms with Crippen molar-refractivity contribution in [2.75, 3.05) is 0 Å². The topological polar surface area (TPSA) is 43.1 Å². The van der Waals surface area contributed by atoms with Crippen LogP contribution in [0.2, 0.25) is 0 Å². The molecule has 1 aromatic carbocycles. The molecule has 0 bridgehead atoms. The summed E-state index contributed by atoms with van der Waals surface area (Å²) in [6.07, 6.45) is 30.5. The van der Waals surface area contributed by atoms with Crippen molar-refractivity contribution < 1.29 is 27.3 Å². The molecule has 3 aliphatic rings. The van der Waals surface area contributed by atoms with Crippen molar-refractivity contribution in [1.29, 1.82) is 0 Å². The summed E-state index contributed by atoms with van der Waals surface area (Å²) in [5.41, 5.74) is 4.25. The van der Waals surface area contributed by atoms with Gasteiger partial charge in [0.2, 0.25) is 0 Å². The van der Waals surface area contributed by atoms with Crippen molar-refractivity contribution in [2.24, 2.45) is 0 Å². The van der Waals surface area contributed by atoms with Gasteiger partial charge in [0.1, 0.15) is 0 Å². The summed E-state index contributed by atoms with van der Waals surface area (Å²) in [6.45, 7) is 0. The zero-order chi connectivity index (χ0) is 21.2. The Balaban J connectivity index is 0.000000245. The van der Waals surface area contributed by atoms with Gasteiger partial charge in [-0.1, -0.05) is 19.3 Å². The third-order valence-corrected chi connectivity index (χ3v) is 12.0. The fraction of sp³-hybridized carbons (Fsp3) is 0.692. The molecule has 1 aromatic rings. The number of rotatable bonds is 4. The number of hydrogen-bond donors (Lipinski definition) is 0. The third kappa shape index (κ3) is 8.33. The Morgan fingerprint density at radius 1 is 0.742 bits per heavy atom. The molecule has 0 amide bonds. The summed E-state index contributed by atoms with van der Waals surface area (Å²) in [7, 11) is -0.0465. The molecule has 174 valence electrons. The molecule has 31 heavy (non-hydrogen) atoms. The predicted molar refractivity (Wildman–Crippen MR) is 128 cm³/mol. The zero-order valence-electron chi connectivity index (χ0n) is 18.7. The fourth-order valence-electron chi connectivity index (χ4n) is 5.97. The van der Waals surface area contributed by atoms with Crippen LogP contribution in [-0.4, -0.2) is 21.9 Å². The Hall–Kier alpha value is -0.650. The molecule has 0 radical (unpaired) electrons. The van der Waals surface area contributed by atoms with E-state index in [1.165, 1.54) is 41.2 Å². The quantitative estimate of drug-likeness (QED) is 0.0860. The van der Waals surface area contributed by atoms with Crippen LogP contribution in [0.15, 0.2) is 24.3 Å². The SMILES string of the molecule is C1CCC([PH+](C2CCCCC2)C2CCCCC2)CC1.[Au+].[C-]#Cc1ccc([N+](=O)[O-])cc1. The Morgan fingerprint density at radius 2 is 1.10 bits per heavy atom. The van der Waals surface area contributed by atoms with E-state index in [4.69, 9.17) is 6.42 Å². The van der Waals surface area contributed by atoms with Gasteiger partial charge in [-0.25, -0.2) is 0 Å². The number of benzene rings is 1. The van der Waals surface area contributed by atoms with Crippen molar-refractivity contribution in [3.63, 3.8) is 0 Å². The molecule has 5 heteroatoms. The molecule has 0 atom stereocenters. The van der Waals surface area contributed by atoms with Crippen molar-refractivity contribution >= 4 is 13.6 Å². The van der Waals surface area contributed by atoms with Gasteiger partial charge in [-0.2, -0.15) is 0 Å². The summed E-state index contributed by atoms with van der Waals surface area (Å²) >= 11 is 0. The standard InChI is InChI=1S/C18H33P.C8H4NO2.Au/c1-4-10-16(11-5-1)19(17-12-6-2-7-13-17)18-14-8-3-9-15-18;1-2-7-3-5-8(6-4-7)9(10)11;/h16-18H,1-15H2;3-6H;/q;-1;+1/p+1. The van der Waals surface area contributed by atoms with Gasteiger partial charge >= 0.3 is 22.4 Å². The predicted octanol–water partition coefficient (Wildman–Crippen LogP) is 7.73. The molecule has 0 N–H and O–H groups in total. The van der Waals surface area contributed by atoms with Gasteiger partial charge in [-0.05, 0) is 89.2 Å². The average molecular weight is 625 g/mol. The summed E-state index contributed by atoms with van der Waals surface area (Å²) in [5, 5.41) is 10.1. The molecule has 3 nitrogen and oxygen atoms in total. The number of nitro benzene ring substituents is 1. The van der Waals surface area contributed by atoms with Gasteiger partial charge in [0, 0.05) is 7.92 Å². The van der Waals surface area contributed by atoms with Crippen molar-refractivity contribution in [3.05, 3.63) is 46.4 Å². The largest absolute Gasteiger partial charge is 1.00 e. The van der Waals surface area contributed by atoms with Gasteiger partial charge < -0.3 is 6.42 Å². The van der Waals surface area contributed by atoms with E-state index in [1.54, 1.807) is 96.3 Å². The van der Waals surface area contributed by atoms with Crippen molar-refractivity contribution in [1.82, 2.24) is 0 Å². The van der Waals surface area contributed by atoms with E-state index >= 15 is 0 Å². The van der Waals surface area contributed by atoms with Crippen LogP contribution in [0.25, 0.3) is 0 Å². The second-order valence-corrected chi connectivity index (χ2v) is 12.9. The van der Waals surface area contributed by atoms with Gasteiger partial charge in [0.15, 0.2) is 0 Å². The molecule has 4 rings (SSSR count). The maximum absolute atomic E-state index is 10.1. The Labute approximate surface area is 206 Å². The summed E-state index contributed by atoms with van der Waals surface area (Å²) in [6, 6.07) is 5.64. The van der Waals surface area contributed by atoms with E-state index in [-0.39, 0.29) is 36.0 Å². The summed E-state index contributed by atoms with van der Waals surface area (Å²) < 4.78 is 0. The smallest absolute Gasteiger partial charge is 0.366 e. The normalized spacial score (nSPS) is 20.8. The zero-order valence-corrected chi connectivity index (χ0v) is 21.9. The van der Waals surface area contributed by atoms with Gasteiger partial charge in [-0.3, -0.25) is 16.0 Å². The van der Waals surface area contributed by atoms with Crippen LogP contribution in [0.4, 0.5) is 5.69 Å². The van der Waals surface area contributed by atoms with Crippen LogP contribution in [0.5, 0.6) is 0 Å². The van der Waals surface area contributed by atoms with Crippen LogP contribution in [0, 0.1) is 22.5 Å². The number of nitrogens with zero attached hydrogens (tertiary/aromatic N) is 1. The minimum absolute atomic E-state index is 0. The number of nitro groups is 1. The Morgan fingerprint density at radius 3 is 1.39 bits per heavy atom. The Bertz CT molecular complexity index is 642. The monoisotopic (exact) mass is 624 g/mol. The van der Waals surface area contributed by atoms with E-state index in [0.29, 0.717) is 5.56 Å². The molecule has 0 aliphatic heterocycles. The first kappa shape index (κ1) is 26.6. The molecule has 3 aliphatic carbocycles. The van der Waals surface area contributed by atoms with E-state index in [0.717, 1.165) is 0 Å². The molecule has 3 fully saturated rings. The maximum Gasteiger partial charge on any atom is 1.00 e. The van der Waals surface area contributed by atoms with E-state index < -0.39 is 4.92 Å². The minimum Gasteiger partial charge on any atom is -0.366 e. The van der Waals surface area contributed by atoms with Crippen LogP contribution >= 0.6 is 7.92 Å². The first-order valence-electron chi connectivity index (χ1n) is 12.2. The molecular weight excluding hydrogens is 586 g/mol. The van der Waals surface area contributed by atoms with Gasteiger partial charge in [0.25, 0.3) is 5.69 Å². The van der Waals surface area contributed by atoms with Gasteiger partial charge in [-0.15, -0.1) is 17.7 Å². The third-order valence-electron chi connectivity index (χ3n) is 7.45. The molecule has 3 saturated carbocycles. The van der Waals surface area contributed by atoms with Crippen molar-refractivity contribution in [2.45, 2.75) is 113 Å². The second-order valence-electron chi connectivity index (χ2n) is 9.43. The molecule has 0 spiro atoms. The summed E-state index contributed by atoms with van der Waals surface area (Å²) in [5.74, 6) is 2.12. The van der Waals surface area contributed by atoms with Crippen LogP contribution < -0.4 is 0 Å². The molecular formula is C26H38AuNO2P+. The van der Waals surface area contributed by atoms with Gasteiger partial charge in [0.05, 0.1) is 21.9 Å². The second kappa shape index (κ2) is 14.5. The van der Waals surface area contributed by atoms with E-state index in [9.17, 15) is 10.1 Å². The first-order chi connectivity index (χ1) is 14.7. The van der Waals surface area contributed by atoms with Crippen LogP contribution in [0.1, 0.15) is 102 Å². The van der Waals surface area contributed by atoms with E-state index in [2.05, 4.69) is 5.92 Å². The molecule has 0 aromatic heterocycles. The summed E-state index contributed by atoms with van der Waals surface area (Å²) in [4.78, 5) is 9.66. The van der Waals surface area contributed by atoms with Crippen molar-refractivity contribution in [3.8, 4) is 5.92 Å². The van der Waals surface area contributed by atoms with E-state index in [1.807, 2.05) is 0 Å².